The van der Waals surface area contributed by atoms with Crippen molar-refractivity contribution >= 4 is 15.9 Å². The minimum atomic E-state index is -0.428. The highest BCUT2D eigenvalue weighted by Gasteiger charge is 2.09. The summed E-state index contributed by atoms with van der Waals surface area (Å²) in [6, 6.07) is 5.00. The van der Waals surface area contributed by atoms with Gasteiger partial charge in [0.15, 0.2) is 0 Å². The van der Waals surface area contributed by atoms with Gasteiger partial charge in [0.2, 0.25) is 0 Å². The molecular weight excluding hydrogens is 295 g/mol. The summed E-state index contributed by atoms with van der Waals surface area (Å²) in [7, 11) is 0. The van der Waals surface area contributed by atoms with Crippen molar-refractivity contribution in [1.29, 1.82) is 0 Å². The third-order valence-electron chi connectivity index (χ3n) is 3.11. The molecule has 0 heterocycles. The van der Waals surface area contributed by atoms with Crippen LogP contribution >= 0.6 is 15.9 Å². The molecule has 1 nitrogen and oxygen atoms in total. The number of unbranched alkanes of at least 4 members (excludes halogenated alkanes) is 4. The lowest BCUT2D eigenvalue weighted by molar-refractivity contribution is 0.159. The van der Waals surface area contributed by atoms with Crippen molar-refractivity contribution in [3.63, 3.8) is 0 Å². The number of hydrogen-bond acceptors (Lipinski definition) is 1. The first kappa shape index (κ1) is 15.6. The summed E-state index contributed by atoms with van der Waals surface area (Å²) in [5.41, 5.74) is 0.597. The Morgan fingerprint density at radius 1 is 1.22 bits per heavy atom. The molecule has 0 spiro atoms. The van der Waals surface area contributed by atoms with Crippen molar-refractivity contribution in [2.75, 3.05) is 0 Å². The van der Waals surface area contributed by atoms with E-state index in [1.54, 1.807) is 6.07 Å². The molecule has 0 aliphatic carbocycles. The molecule has 1 aromatic carbocycles. The van der Waals surface area contributed by atoms with E-state index in [-0.39, 0.29) is 5.82 Å². The highest BCUT2D eigenvalue weighted by molar-refractivity contribution is 9.10. The number of rotatable bonds is 8. The van der Waals surface area contributed by atoms with Crippen LogP contribution in [-0.2, 0) is 6.42 Å². The van der Waals surface area contributed by atoms with Crippen LogP contribution in [0.4, 0.5) is 4.39 Å². The minimum absolute atomic E-state index is 0.241. The van der Waals surface area contributed by atoms with Gasteiger partial charge in [-0.1, -0.05) is 61.0 Å². The van der Waals surface area contributed by atoms with Crippen molar-refractivity contribution < 1.29 is 9.50 Å². The Labute approximate surface area is 118 Å². The smallest absolute Gasteiger partial charge is 0.127 e. The predicted molar refractivity (Wildman–Crippen MR) is 77.2 cm³/mol. The van der Waals surface area contributed by atoms with E-state index in [1.807, 2.05) is 6.07 Å². The van der Waals surface area contributed by atoms with Crippen LogP contribution in [0.3, 0.4) is 0 Å². The molecule has 0 fully saturated rings. The maximum absolute atomic E-state index is 13.6. The fourth-order valence-electron chi connectivity index (χ4n) is 2.03. The number of aliphatic hydroxyl groups excluding tert-OH is 1. The van der Waals surface area contributed by atoms with E-state index in [0.29, 0.717) is 12.0 Å². The van der Waals surface area contributed by atoms with Gasteiger partial charge in [0, 0.05) is 10.9 Å². The van der Waals surface area contributed by atoms with Crippen molar-refractivity contribution in [2.45, 2.75) is 58.0 Å². The molecule has 102 valence electrons. The Bertz CT molecular complexity index is 354. The number of benzene rings is 1. The summed E-state index contributed by atoms with van der Waals surface area (Å²) in [6.07, 6.45) is 6.65. The molecule has 1 aromatic rings. The molecule has 1 atom stereocenters. The van der Waals surface area contributed by atoms with Gasteiger partial charge in [0.1, 0.15) is 5.82 Å². The van der Waals surface area contributed by atoms with Crippen molar-refractivity contribution in [3.8, 4) is 0 Å². The Morgan fingerprint density at radius 2 is 1.94 bits per heavy atom. The highest BCUT2D eigenvalue weighted by atomic mass is 79.9. The van der Waals surface area contributed by atoms with Gasteiger partial charge in [-0.25, -0.2) is 4.39 Å². The Kier molecular flexibility index (Phi) is 7.52. The third kappa shape index (κ3) is 5.96. The Balaban J connectivity index is 2.28. The van der Waals surface area contributed by atoms with Gasteiger partial charge in [-0.3, -0.25) is 0 Å². The van der Waals surface area contributed by atoms with Crippen molar-refractivity contribution in [3.05, 3.63) is 34.1 Å². The van der Waals surface area contributed by atoms with Crippen molar-refractivity contribution in [2.24, 2.45) is 0 Å². The molecule has 18 heavy (non-hydrogen) atoms. The molecule has 1 unspecified atom stereocenters. The van der Waals surface area contributed by atoms with E-state index in [0.717, 1.165) is 23.7 Å². The summed E-state index contributed by atoms with van der Waals surface area (Å²) in [4.78, 5) is 0. The highest BCUT2D eigenvalue weighted by Crippen LogP contribution is 2.18. The number of hydrogen-bond donors (Lipinski definition) is 1. The molecule has 0 aliphatic heterocycles. The summed E-state index contributed by atoms with van der Waals surface area (Å²) >= 11 is 3.23. The standard InChI is InChI=1S/C15H22BrFO/c1-2-3-4-5-6-7-14(18)10-12-8-9-13(16)11-15(12)17/h8-9,11,14,18H,2-7,10H2,1H3. The molecule has 0 amide bonds. The molecule has 1 N–H and O–H groups in total. The van der Waals surface area contributed by atoms with Crippen LogP contribution in [0.2, 0.25) is 0 Å². The Hall–Kier alpha value is -0.410. The van der Waals surface area contributed by atoms with E-state index in [9.17, 15) is 9.50 Å². The van der Waals surface area contributed by atoms with Crippen LogP contribution in [0.25, 0.3) is 0 Å². The first-order valence-electron chi connectivity index (χ1n) is 6.75. The van der Waals surface area contributed by atoms with Crippen molar-refractivity contribution in [1.82, 2.24) is 0 Å². The monoisotopic (exact) mass is 316 g/mol. The summed E-state index contributed by atoms with van der Waals surface area (Å²) in [6.45, 7) is 2.19. The van der Waals surface area contributed by atoms with Gasteiger partial charge in [0.25, 0.3) is 0 Å². The van der Waals surface area contributed by atoms with Gasteiger partial charge >= 0.3 is 0 Å². The molecule has 0 aliphatic rings. The average Bonchev–Trinajstić information content (AvgIpc) is 2.32. The molecule has 0 bridgehead atoms. The maximum Gasteiger partial charge on any atom is 0.127 e. The van der Waals surface area contributed by atoms with Crippen LogP contribution in [0, 0.1) is 5.82 Å². The first-order valence-corrected chi connectivity index (χ1v) is 7.54. The van der Waals surface area contributed by atoms with Gasteiger partial charge < -0.3 is 5.11 Å². The molecule has 0 saturated heterocycles. The van der Waals surface area contributed by atoms with Crippen LogP contribution in [0.1, 0.15) is 51.0 Å². The van der Waals surface area contributed by atoms with E-state index >= 15 is 0 Å². The van der Waals surface area contributed by atoms with Crippen LogP contribution < -0.4 is 0 Å². The largest absolute Gasteiger partial charge is 0.393 e. The second kappa shape index (κ2) is 8.65. The van der Waals surface area contributed by atoms with E-state index in [4.69, 9.17) is 0 Å². The van der Waals surface area contributed by atoms with Crippen LogP contribution in [0.15, 0.2) is 22.7 Å². The Morgan fingerprint density at radius 3 is 2.61 bits per heavy atom. The van der Waals surface area contributed by atoms with Gasteiger partial charge in [-0.2, -0.15) is 0 Å². The first-order chi connectivity index (χ1) is 8.63. The van der Waals surface area contributed by atoms with E-state index in [2.05, 4.69) is 22.9 Å². The summed E-state index contributed by atoms with van der Waals surface area (Å²) in [5, 5.41) is 9.87. The lowest BCUT2D eigenvalue weighted by Gasteiger charge is -2.11. The fraction of sp³-hybridized carbons (Fsp3) is 0.600. The molecule has 0 radical (unpaired) electrons. The maximum atomic E-state index is 13.6. The lowest BCUT2D eigenvalue weighted by atomic mass is 10.0. The zero-order chi connectivity index (χ0) is 13.4. The zero-order valence-electron chi connectivity index (χ0n) is 11.0. The third-order valence-corrected chi connectivity index (χ3v) is 3.60. The second-order valence-electron chi connectivity index (χ2n) is 4.80. The molecular formula is C15H22BrFO. The minimum Gasteiger partial charge on any atom is -0.393 e. The lowest BCUT2D eigenvalue weighted by Crippen LogP contribution is -2.11. The van der Waals surface area contributed by atoms with Crippen LogP contribution in [-0.4, -0.2) is 11.2 Å². The predicted octanol–water partition coefficient (Wildman–Crippen LogP) is 4.85. The average molecular weight is 317 g/mol. The molecule has 1 rings (SSSR count). The second-order valence-corrected chi connectivity index (χ2v) is 5.71. The normalized spacial score (nSPS) is 12.7. The van der Waals surface area contributed by atoms with E-state index in [1.165, 1.54) is 25.3 Å². The molecule has 0 aromatic heterocycles. The summed E-state index contributed by atoms with van der Waals surface area (Å²) in [5.74, 6) is -0.241. The van der Waals surface area contributed by atoms with Gasteiger partial charge in [-0.05, 0) is 24.1 Å². The topological polar surface area (TPSA) is 20.2 Å². The summed E-state index contributed by atoms with van der Waals surface area (Å²) < 4.78 is 14.3. The van der Waals surface area contributed by atoms with E-state index < -0.39 is 6.10 Å². The zero-order valence-corrected chi connectivity index (χ0v) is 12.5. The quantitative estimate of drug-likeness (QED) is 0.679. The fourth-order valence-corrected chi connectivity index (χ4v) is 2.36. The van der Waals surface area contributed by atoms with Gasteiger partial charge in [0.05, 0.1) is 6.10 Å². The van der Waals surface area contributed by atoms with Gasteiger partial charge in [-0.15, -0.1) is 0 Å². The number of aliphatic hydroxyl groups is 1. The molecule has 3 heteroatoms. The van der Waals surface area contributed by atoms with Crippen LogP contribution in [0.5, 0.6) is 0 Å². The molecule has 0 saturated carbocycles. The SMILES string of the molecule is CCCCCCCC(O)Cc1ccc(Br)cc1F. The number of halogens is 2.